The van der Waals surface area contributed by atoms with Gasteiger partial charge in [0.15, 0.2) is 0 Å². The van der Waals surface area contributed by atoms with Crippen molar-refractivity contribution in [2.75, 3.05) is 71.6 Å². The lowest BCUT2D eigenvalue weighted by atomic mass is 10.1. The van der Waals surface area contributed by atoms with Crippen molar-refractivity contribution in [3.63, 3.8) is 0 Å². The van der Waals surface area contributed by atoms with E-state index in [9.17, 15) is 4.79 Å². The van der Waals surface area contributed by atoms with Gasteiger partial charge in [0, 0.05) is 62.5 Å². The Labute approximate surface area is 212 Å². The number of carbonyl (C=O) groups is 1. The number of ether oxygens (including phenoxy) is 3. The second-order valence-electron chi connectivity index (χ2n) is 9.28. The highest BCUT2D eigenvalue weighted by molar-refractivity contribution is 5.95. The van der Waals surface area contributed by atoms with E-state index in [-0.39, 0.29) is 11.8 Å². The van der Waals surface area contributed by atoms with E-state index in [2.05, 4.69) is 39.4 Å². The lowest BCUT2D eigenvalue weighted by Gasteiger charge is -2.26. The van der Waals surface area contributed by atoms with Crippen LogP contribution in [0.15, 0.2) is 48.5 Å². The van der Waals surface area contributed by atoms with Crippen molar-refractivity contribution < 1.29 is 19.0 Å². The van der Waals surface area contributed by atoms with E-state index >= 15 is 0 Å². The molecule has 0 aliphatic carbocycles. The zero-order chi connectivity index (χ0) is 24.9. The number of rotatable bonds is 8. The molecule has 5 rings (SSSR count). The first-order valence-corrected chi connectivity index (χ1v) is 12.6. The number of pyridine rings is 1. The molecule has 1 unspecified atom stereocenters. The molecular formula is C28H34N4O4. The van der Waals surface area contributed by atoms with Crippen molar-refractivity contribution in [3.05, 3.63) is 48.5 Å². The number of aromatic nitrogens is 1. The van der Waals surface area contributed by atoms with Crippen molar-refractivity contribution in [3.8, 4) is 22.8 Å². The summed E-state index contributed by atoms with van der Waals surface area (Å²) in [5, 5.41) is 3.85. The number of morpholine rings is 1. The SMILES string of the molecule is CNC(=O)C1CCN(c2cc(-c3ccc(OCCN4CCOCC4)cc3)nc3cc(OC)ccc23)C1. The first kappa shape index (κ1) is 24.3. The molecule has 2 fully saturated rings. The molecule has 2 saturated heterocycles. The fourth-order valence-electron chi connectivity index (χ4n) is 4.96. The summed E-state index contributed by atoms with van der Waals surface area (Å²) in [6, 6.07) is 16.2. The van der Waals surface area contributed by atoms with Crippen molar-refractivity contribution in [2.24, 2.45) is 5.92 Å². The average Bonchev–Trinajstić information content (AvgIpc) is 3.43. The van der Waals surface area contributed by atoms with Gasteiger partial charge in [0.25, 0.3) is 0 Å². The van der Waals surface area contributed by atoms with Gasteiger partial charge in [-0.2, -0.15) is 0 Å². The number of amides is 1. The Kier molecular flexibility index (Phi) is 7.53. The number of anilines is 1. The van der Waals surface area contributed by atoms with Crippen LogP contribution in [0.4, 0.5) is 5.69 Å². The highest BCUT2D eigenvalue weighted by atomic mass is 16.5. The molecule has 190 valence electrons. The molecule has 8 nitrogen and oxygen atoms in total. The number of nitrogens with one attached hydrogen (secondary N) is 1. The highest BCUT2D eigenvalue weighted by Gasteiger charge is 2.29. The molecule has 3 heterocycles. The predicted molar refractivity (Wildman–Crippen MR) is 141 cm³/mol. The predicted octanol–water partition coefficient (Wildman–Crippen LogP) is 3.19. The van der Waals surface area contributed by atoms with Gasteiger partial charge in [0.2, 0.25) is 5.91 Å². The topological polar surface area (TPSA) is 76.2 Å². The molecule has 3 aromatic rings. The molecule has 1 atom stereocenters. The highest BCUT2D eigenvalue weighted by Crippen LogP contribution is 2.35. The van der Waals surface area contributed by atoms with Gasteiger partial charge in [-0.15, -0.1) is 0 Å². The normalized spacial score (nSPS) is 18.4. The maximum atomic E-state index is 12.2. The molecule has 2 aliphatic rings. The quantitative estimate of drug-likeness (QED) is 0.520. The third-order valence-electron chi connectivity index (χ3n) is 7.07. The Bertz CT molecular complexity index is 1190. The summed E-state index contributed by atoms with van der Waals surface area (Å²) in [5.74, 6) is 1.71. The van der Waals surface area contributed by atoms with E-state index in [4.69, 9.17) is 19.2 Å². The van der Waals surface area contributed by atoms with Crippen LogP contribution in [-0.2, 0) is 9.53 Å². The van der Waals surface area contributed by atoms with E-state index in [0.717, 1.165) is 85.2 Å². The molecular weight excluding hydrogens is 456 g/mol. The summed E-state index contributed by atoms with van der Waals surface area (Å²) in [6.45, 7) is 6.59. The summed E-state index contributed by atoms with van der Waals surface area (Å²) in [6.07, 6.45) is 0.839. The Hall–Kier alpha value is -3.36. The van der Waals surface area contributed by atoms with Gasteiger partial charge in [0.1, 0.15) is 18.1 Å². The first-order chi connectivity index (χ1) is 17.6. The standard InChI is InChI=1S/C28H34N4O4/c1-29-28(33)21-9-10-32(19-21)27-18-25(30-26-17-23(34-2)7-8-24(26)27)20-3-5-22(6-4-20)36-16-13-31-11-14-35-15-12-31/h3-8,17-18,21H,9-16,19H2,1-2H3,(H,29,33). The fourth-order valence-corrected chi connectivity index (χ4v) is 4.96. The van der Waals surface area contributed by atoms with Gasteiger partial charge in [-0.05, 0) is 48.9 Å². The molecule has 36 heavy (non-hydrogen) atoms. The molecule has 8 heteroatoms. The smallest absolute Gasteiger partial charge is 0.224 e. The minimum absolute atomic E-state index is 0.00573. The molecule has 1 N–H and O–H groups in total. The second kappa shape index (κ2) is 11.1. The van der Waals surface area contributed by atoms with Crippen molar-refractivity contribution in [1.82, 2.24) is 15.2 Å². The van der Waals surface area contributed by atoms with Gasteiger partial charge in [-0.3, -0.25) is 9.69 Å². The monoisotopic (exact) mass is 490 g/mol. The Morgan fingerprint density at radius 3 is 2.61 bits per heavy atom. The van der Waals surface area contributed by atoms with Gasteiger partial charge in [-0.1, -0.05) is 0 Å². The number of fused-ring (bicyclic) bond motifs is 1. The molecule has 0 spiro atoms. The summed E-state index contributed by atoms with van der Waals surface area (Å²) in [4.78, 5) is 21.9. The Morgan fingerprint density at radius 1 is 1.08 bits per heavy atom. The number of hydrogen-bond donors (Lipinski definition) is 1. The van der Waals surface area contributed by atoms with E-state index in [0.29, 0.717) is 13.2 Å². The molecule has 2 aromatic carbocycles. The number of methoxy groups -OCH3 is 1. The first-order valence-electron chi connectivity index (χ1n) is 12.6. The number of hydrogen-bond acceptors (Lipinski definition) is 7. The third-order valence-corrected chi connectivity index (χ3v) is 7.07. The largest absolute Gasteiger partial charge is 0.497 e. The second-order valence-corrected chi connectivity index (χ2v) is 9.28. The minimum Gasteiger partial charge on any atom is -0.497 e. The lowest BCUT2D eigenvalue weighted by Crippen LogP contribution is -2.38. The summed E-state index contributed by atoms with van der Waals surface area (Å²) >= 11 is 0. The van der Waals surface area contributed by atoms with E-state index < -0.39 is 0 Å². The fraction of sp³-hybridized carbons (Fsp3) is 0.429. The van der Waals surface area contributed by atoms with Crippen LogP contribution in [0.5, 0.6) is 11.5 Å². The Balaban J connectivity index is 1.37. The van der Waals surface area contributed by atoms with Gasteiger partial charge in [-0.25, -0.2) is 4.98 Å². The van der Waals surface area contributed by atoms with E-state index in [1.165, 1.54) is 0 Å². The number of benzene rings is 2. The van der Waals surface area contributed by atoms with Crippen LogP contribution in [0.1, 0.15) is 6.42 Å². The maximum Gasteiger partial charge on any atom is 0.224 e. The van der Waals surface area contributed by atoms with Crippen LogP contribution < -0.4 is 19.7 Å². The Morgan fingerprint density at radius 2 is 1.86 bits per heavy atom. The summed E-state index contributed by atoms with van der Waals surface area (Å²) in [7, 11) is 3.37. The molecule has 0 radical (unpaired) electrons. The molecule has 1 amide bonds. The van der Waals surface area contributed by atoms with Crippen LogP contribution in [0, 0.1) is 5.92 Å². The van der Waals surface area contributed by atoms with Crippen molar-refractivity contribution in [1.29, 1.82) is 0 Å². The molecule has 1 aromatic heterocycles. The summed E-state index contributed by atoms with van der Waals surface area (Å²) in [5.41, 5.74) is 3.86. The third kappa shape index (κ3) is 5.39. The maximum absolute atomic E-state index is 12.2. The van der Waals surface area contributed by atoms with Crippen molar-refractivity contribution >= 4 is 22.5 Å². The van der Waals surface area contributed by atoms with Crippen LogP contribution in [-0.4, -0.2) is 82.5 Å². The lowest BCUT2D eigenvalue weighted by molar-refractivity contribution is -0.123. The van der Waals surface area contributed by atoms with Crippen LogP contribution in [0.3, 0.4) is 0 Å². The minimum atomic E-state index is -0.00573. The zero-order valence-electron chi connectivity index (χ0n) is 21.0. The van der Waals surface area contributed by atoms with Crippen LogP contribution in [0.2, 0.25) is 0 Å². The van der Waals surface area contributed by atoms with Crippen LogP contribution in [0.25, 0.3) is 22.2 Å². The van der Waals surface area contributed by atoms with Crippen molar-refractivity contribution in [2.45, 2.75) is 6.42 Å². The number of carbonyl (C=O) groups excluding carboxylic acids is 1. The van der Waals surface area contributed by atoms with Gasteiger partial charge < -0.3 is 24.4 Å². The molecule has 2 aliphatic heterocycles. The van der Waals surface area contributed by atoms with E-state index in [1.54, 1.807) is 14.2 Å². The van der Waals surface area contributed by atoms with Gasteiger partial charge >= 0.3 is 0 Å². The zero-order valence-corrected chi connectivity index (χ0v) is 21.0. The van der Waals surface area contributed by atoms with E-state index in [1.807, 2.05) is 24.3 Å². The average molecular weight is 491 g/mol. The number of nitrogens with zero attached hydrogens (tertiary/aromatic N) is 3. The molecule has 0 bridgehead atoms. The van der Waals surface area contributed by atoms with Crippen LogP contribution >= 0.6 is 0 Å². The molecule has 0 saturated carbocycles. The van der Waals surface area contributed by atoms with Gasteiger partial charge in [0.05, 0.1) is 37.5 Å². The summed E-state index contributed by atoms with van der Waals surface area (Å²) < 4.78 is 16.8.